The van der Waals surface area contributed by atoms with E-state index in [1.165, 1.54) is 24.3 Å². The molecule has 0 aliphatic rings. The summed E-state index contributed by atoms with van der Waals surface area (Å²) in [6, 6.07) is 12.4. The third-order valence-corrected chi connectivity index (χ3v) is 6.43. The zero-order chi connectivity index (χ0) is 26.9. The minimum absolute atomic E-state index is 0.0994. The fourth-order valence-corrected chi connectivity index (χ4v) is 4.16. The van der Waals surface area contributed by atoms with E-state index in [9.17, 15) is 22.4 Å². The van der Waals surface area contributed by atoms with Gasteiger partial charge < -0.3 is 20.1 Å². The number of sulfone groups is 1. The molecule has 0 aliphatic carbocycles. The monoisotopic (exact) mass is 520 g/mol. The van der Waals surface area contributed by atoms with E-state index in [-0.39, 0.29) is 41.2 Å². The number of ether oxygens (including phenoxy) is 2. The zero-order valence-electron chi connectivity index (χ0n) is 21.1. The Bertz CT molecular complexity index is 1170. The van der Waals surface area contributed by atoms with E-state index in [0.717, 1.165) is 0 Å². The molecule has 2 N–H and O–H groups in total. The Morgan fingerprint density at radius 3 is 2.17 bits per heavy atom. The smallest absolute Gasteiger partial charge is 0.407 e. The van der Waals surface area contributed by atoms with Crippen molar-refractivity contribution in [1.82, 2.24) is 5.32 Å². The Balaban J connectivity index is 1.92. The number of carbonyl (C=O) groups is 2. The van der Waals surface area contributed by atoms with Crippen molar-refractivity contribution < 1.29 is 31.9 Å². The predicted molar refractivity (Wildman–Crippen MR) is 136 cm³/mol. The maximum Gasteiger partial charge on any atom is 0.407 e. The number of amides is 2. The van der Waals surface area contributed by atoms with Crippen LogP contribution >= 0.6 is 0 Å². The van der Waals surface area contributed by atoms with Gasteiger partial charge in [-0.05, 0) is 62.7 Å². The van der Waals surface area contributed by atoms with Gasteiger partial charge in [-0.1, -0.05) is 26.0 Å². The minimum atomic E-state index is -3.62. The lowest BCUT2D eigenvalue weighted by Crippen LogP contribution is -2.34. The number of alkyl carbamates (subject to hydrolysis) is 1. The third-order valence-electron chi connectivity index (χ3n) is 4.72. The molecule has 2 aromatic rings. The number of benzene rings is 2. The van der Waals surface area contributed by atoms with Gasteiger partial charge >= 0.3 is 6.09 Å². The van der Waals surface area contributed by atoms with Gasteiger partial charge in [-0.25, -0.2) is 17.6 Å². The van der Waals surface area contributed by atoms with Crippen molar-refractivity contribution in [3.63, 3.8) is 0 Å². The molecule has 0 aromatic heterocycles. The number of carbonyl (C=O) groups excluding carboxylic acids is 2. The van der Waals surface area contributed by atoms with Gasteiger partial charge in [0, 0.05) is 23.7 Å². The molecular weight excluding hydrogens is 487 g/mol. The second-order valence-electron chi connectivity index (χ2n) is 9.48. The van der Waals surface area contributed by atoms with Gasteiger partial charge in [0.05, 0.1) is 17.0 Å². The SMILES string of the molecule is CC(C)C(=O)Nc1ccc(CS(=O)(=O)c2ccc(OC/C(=C/F)CNC(=O)OC(C)(C)C)cc2)cc1. The van der Waals surface area contributed by atoms with Crippen molar-refractivity contribution in [2.75, 3.05) is 18.5 Å². The lowest BCUT2D eigenvalue weighted by Gasteiger charge is -2.20. The molecule has 10 heteroatoms. The molecule has 0 saturated carbocycles. The van der Waals surface area contributed by atoms with E-state index in [2.05, 4.69) is 10.6 Å². The van der Waals surface area contributed by atoms with Crippen molar-refractivity contribution in [3.8, 4) is 5.75 Å². The topological polar surface area (TPSA) is 111 Å². The van der Waals surface area contributed by atoms with Crippen LogP contribution in [0.25, 0.3) is 0 Å². The van der Waals surface area contributed by atoms with Crippen LogP contribution in [0.3, 0.4) is 0 Å². The lowest BCUT2D eigenvalue weighted by atomic mass is 10.2. The molecule has 36 heavy (non-hydrogen) atoms. The van der Waals surface area contributed by atoms with E-state index >= 15 is 0 Å². The zero-order valence-corrected chi connectivity index (χ0v) is 21.9. The van der Waals surface area contributed by atoms with Crippen molar-refractivity contribution in [3.05, 3.63) is 66.0 Å². The highest BCUT2D eigenvalue weighted by atomic mass is 32.2. The van der Waals surface area contributed by atoms with Gasteiger partial charge in [0.25, 0.3) is 0 Å². The summed E-state index contributed by atoms with van der Waals surface area (Å²) in [7, 11) is -3.62. The molecule has 2 rings (SSSR count). The Morgan fingerprint density at radius 2 is 1.64 bits per heavy atom. The molecule has 0 atom stereocenters. The lowest BCUT2D eigenvalue weighted by molar-refractivity contribution is -0.118. The summed E-state index contributed by atoms with van der Waals surface area (Å²) in [5.74, 6) is -0.149. The fraction of sp³-hybridized carbons (Fsp3) is 0.385. The Labute approximate surface area is 211 Å². The first-order valence-corrected chi connectivity index (χ1v) is 13.0. The van der Waals surface area contributed by atoms with Crippen LogP contribution in [-0.4, -0.2) is 39.2 Å². The van der Waals surface area contributed by atoms with Crippen molar-refractivity contribution >= 4 is 27.5 Å². The molecule has 0 aliphatic heterocycles. The molecule has 0 heterocycles. The number of anilines is 1. The molecule has 2 amide bonds. The van der Waals surface area contributed by atoms with Crippen LogP contribution < -0.4 is 15.4 Å². The first-order valence-electron chi connectivity index (χ1n) is 11.4. The van der Waals surface area contributed by atoms with E-state index in [0.29, 0.717) is 23.3 Å². The van der Waals surface area contributed by atoms with Crippen molar-refractivity contribution in [1.29, 1.82) is 0 Å². The second kappa shape index (κ2) is 12.5. The number of halogens is 1. The Kier molecular flexibility index (Phi) is 10.0. The van der Waals surface area contributed by atoms with Crippen molar-refractivity contribution in [2.45, 2.75) is 50.9 Å². The molecule has 0 bridgehead atoms. The largest absolute Gasteiger partial charge is 0.489 e. The van der Waals surface area contributed by atoms with Crippen LogP contribution in [0.15, 0.2) is 65.3 Å². The average Bonchev–Trinajstić information content (AvgIpc) is 2.79. The number of hydrogen-bond donors (Lipinski definition) is 2. The molecular formula is C26H33FN2O6S. The van der Waals surface area contributed by atoms with Crippen LogP contribution in [0.5, 0.6) is 5.75 Å². The van der Waals surface area contributed by atoms with E-state index in [4.69, 9.17) is 9.47 Å². The van der Waals surface area contributed by atoms with Crippen LogP contribution in [0.4, 0.5) is 14.9 Å². The van der Waals surface area contributed by atoms with Crippen LogP contribution in [0, 0.1) is 5.92 Å². The van der Waals surface area contributed by atoms with Crippen LogP contribution in [0.2, 0.25) is 0 Å². The summed E-state index contributed by atoms with van der Waals surface area (Å²) in [5, 5.41) is 5.21. The molecule has 0 saturated heterocycles. The summed E-state index contributed by atoms with van der Waals surface area (Å²) >= 11 is 0. The Morgan fingerprint density at radius 1 is 1.03 bits per heavy atom. The Hall–Kier alpha value is -3.40. The summed E-state index contributed by atoms with van der Waals surface area (Å²) in [6.07, 6.45) is -0.332. The van der Waals surface area contributed by atoms with Crippen molar-refractivity contribution in [2.24, 2.45) is 5.92 Å². The molecule has 0 fully saturated rings. The highest BCUT2D eigenvalue weighted by molar-refractivity contribution is 7.90. The number of rotatable bonds is 10. The second-order valence-corrected chi connectivity index (χ2v) is 11.5. The fourth-order valence-electron chi connectivity index (χ4n) is 2.81. The summed E-state index contributed by atoms with van der Waals surface area (Å²) in [5.41, 5.74) is 0.676. The molecule has 0 unspecified atom stereocenters. The van der Waals surface area contributed by atoms with E-state index in [1.54, 1.807) is 58.9 Å². The number of nitrogens with one attached hydrogen (secondary N) is 2. The average molecular weight is 521 g/mol. The van der Waals surface area contributed by atoms with Gasteiger partial charge in [-0.15, -0.1) is 0 Å². The van der Waals surface area contributed by atoms with Crippen LogP contribution in [0.1, 0.15) is 40.2 Å². The predicted octanol–water partition coefficient (Wildman–Crippen LogP) is 5.01. The molecule has 0 radical (unpaired) electrons. The van der Waals surface area contributed by atoms with Gasteiger partial charge in [0.2, 0.25) is 5.91 Å². The van der Waals surface area contributed by atoms with Gasteiger partial charge in [0.15, 0.2) is 9.84 Å². The molecule has 8 nitrogen and oxygen atoms in total. The maximum atomic E-state index is 13.2. The highest BCUT2D eigenvalue weighted by Crippen LogP contribution is 2.21. The maximum absolute atomic E-state index is 13.2. The third kappa shape index (κ3) is 9.69. The molecule has 196 valence electrons. The highest BCUT2D eigenvalue weighted by Gasteiger charge is 2.17. The molecule has 0 spiro atoms. The van der Waals surface area contributed by atoms with E-state index < -0.39 is 21.5 Å². The first kappa shape index (κ1) is 28.8. The summed E-state index contributed by atoms with van der Waals surface area (Å²) in [4.78, 5) is 23.6. The normalized spacial score (nSPS) is 12.2. The summed E-state index contributed by atoms with van der Waals surface area (Å²) < 4.78 is 49.4. The molecule has 2 aromatic carbocycles. The summed E-state index contributed by atoms with van der Waals surface area (Å²) in [6.45, 7) is 8.49. The number of hydrogen-bond acceptors (Lipinski definition) is 6. The van der Waals surface area contributed by atoms with Gasteiger partial charge in [0.1, 0.15) is 18.0 Å². The van der Waals surface area contributed by atoms with E-state index in [1.807, 2.05) is 0 Å². The van der Waals surface area contributed by atoms with Crippen LogP contribution in [-0.2, 0) is 25.1 Å². The van der Waals surface area contributed by atoms with Gasteiger partial charge in [-0.2, -0.15) is 0 Å². The van der Waals surface area contributed by atoms with Gasteiger partial charge in [-0.3, -0.25) is 4.79 Å². The first-order chi connectivity index (χ1) is 16.8. The minimum Gasteiger partial charge on any atom is -0.489 e. The standard InChI is InChI=1S/C26H33FN2O6S/c1-18(2)24(30)29-21-8-6-19(7-9-21)17-36(32,33)23-12-10-22(11-13-23)34-16-20(14-27)15-28-25(31)35-26(3,4)5/h6-14,18H,15-17H2,1-5H3,(H,28,31)(H,29,30)/b20-14+. The quantitative estimate of drug-likeness (QED) is 0.456.